The maximum atomic E-state index is 11.8. The summed E-state index contributed by atoms with van der Waals surface area (Å²) in [6, 6.07) is 7.90. The number of nitrogens with one attached hydrogen (secondary N) is 1. The van der Waals surface area contributed by atoms with E-state index in [0.29, 0.717) is 0 Å². The van der Waals surface area contributed by atoms with E-state index >= 15 is 0 Å². The topological polar surface area (TPSA) is 47.6 Å². The number of methoxy groups -OCH3 is 2. The van der Waals surface area contributed by atoms with Crippen LogP contribution < -0.4 is 10.1 Å². The van der Waals surface area contributed by atoms with Crippen LogP contribution in [-0.4, -0.2) is 33.3 Å². The summed E-state index contributed by atoms with van der Waals surface area (Å²) >= 11 is 0. The van der Waals surface area contributed by atoms with Crippen LogP contribution in [0.3, 0.4) is 0 Å². The number of benzene rings is 1. The van der Waals surface area contributed by atoms with E-state index in [9.17, 15) is 4.79 Å². The van der Waals surface area contributed by atoms with Crippen molar-refractivity contribution in [2.24, 2.45) is 5.92 Å². The van der Waals surface area contributed by atoms with Crippen LogP contribution in [0.5, 0.6) is 5.75 Å². The lowest BCUT2D eigenvalue weighted by molar-refractivity contribution is -0.147. The van der Waals surface area contributed by atoms with Gasteiger partial charge in [0.05, 0.1) is 20.1 Å². The molecule has 2 rings (SSSR count). The monoisotopic (exact) mass is 249 g/mol. The highest BCUT2D eigenvalue weighted by Crippen LogP contribution is 2.31. The summed E-state index contributed by atoms with van der Waals surface area (Å²) in [5.41, 5.74) is 1.12. The molecular weight excluding hydrogens is 230 g/mol. The van der Waals surface area contributed by atoms with Gasteiger partial charge in [-0.1, -0.05) is 12.1 Å². The van der Waals surface area contributed by atoms with Crippen LogP contribution in [0.25, 0.3) is 0 Å². The lowest BCUT2D eigenvalue weighted by atomic mass is 9.81. The molecule has 1 aliphatic heterocycles. The first-order valence-electron chi connectivity index (χ1n) is 6.18. The Kier molecular flexibility index (Phi) is 4.20. The van der Waals surface area contributed by atoms with Crippen LogP contribution in [0.15, 0.2) is 24.3 Å². The van der Waals surface area contributed by atoms with Crippen molar-refractivity contribution in [1.82, 2.24) is 5.32 Å². The van der Waals surface area contributed by atoms with Crippen molar-refractivity contribution in [2.75, 3.05) is 27.3 Å². The molecule has 0 unspecified atom stereocenters. The van der Waals surface area contributed by atoms with Gasteiger partial charge in [-0.3, -0.25) is 4.79 Å². The van der Waals surface area contributed by atoms with Crippen molar-refractivity contribution in [3.8, 4) is 5.75 Å². The third-order valence-electron chi connectivity index (χ3n) is 3.51. The zero-order valence-corrected chi connectivity index (χ0v) is 10.8. The van der Waals surface area contributed by atoms with Crippen molar-refractivity contribution in [1.29, 1.82) is 0 Å². The Bertz CT molecular complexity index is 419. The third kappa shape index (κ3) is 2.64. The highest BCUT2D eigenvalue weighted by atomic mass is 16.5. The van der Waals surface area contributed by atoms with Crippen LogP contribution in [-0.2, 0) is 9.53 Å². The number of rotatable bonds is 3. The molecule has 4 heteroatoms. The predicted molar refractivity (Wildman–Crippen MR) is 68.7 cm³/mol. The molecular formula is C14H19NO3. The first-order valence-corrected chi connectivity index (χ1v) is 6.18. The first kappa shape index (κ1) is 12.9. The third-order valence-corrected chi connectivity index (χ3v) is 3.51. The van der Waals surface area contributed by atoms with Gasteiger partial charge in [0.1, 0.15) is 5.75 Å². The second-order valence-electron chi connectivity index (χ2n) is 4.51. The molecule has 0 amide bonds. The predicted octanol–water partition coefficient (Wildman–Crippen LogP) is 1.56. The maximum Gasteiger partial charge on any atom is 0.309 e. The fourth-order valence-electron chi connectivity index (χ4n) is 2.51. The van der Waals surface area contributed by atoms with Crippen molar-refractivity contribution >= 4 is 5.97 Å². The number of carbonyl (C=O) groups is 1. The van der Waals surface area contributed by atoms with Gasteiger partial charge in [-0.05, 0) is 30.7 Å². The van der Waals surface area contributed by atoms with Gasteiger partial charge in [0.15, 0.2) is 0 Å². The molecule has 0 aromatic heterocycles. The van der Waals surface area contributed by atoms with E-state index in [1.54, 1.807) is 7.11 Å². The zero-order valence-electron chi connectivity index (χ0n) is 10.8. The summed E-state index contributed by atoms with van der Waals surface area (Å²) in [5, 5.41) is 3.33. The molecule has 1 fully saturated rings. The number of hydrogen-bond acceptors (Lipinski definition) is 4. The van der Waals surface area contributed by atoms with Gasteiger partial charge < -0.3 is 14.8 Å². The van der Waals surface area contributed by atoms with Gasteiger partial charge in [-0.25, -0.2) is 0 Å². The summed E-state index contributed by atoms with van der Waals surface area (Å²) in [6.07, 6.45) is 0.814. The molecule has 0 aliphatic carbocycles. The van der Waals surface area contributed by atoms with Crippen LogP contribution in [0.1, 0.15) is 17.9 Å². The maximum absolute atomic E-state index is 11.8. The average molecular weight is 249 g/mol. The van der Waals surface area contributed by atoms with E-state index in [4.69, 9.17) is 9.47 Å². The van der Waals surface area contributed by atoms with E-state index in [2.05, 4.69) is 5.32 Å². The summed E-state index contributed by atoms with van der Waals surface area (Å²) in [4.78, 5) is 11.8. The molecule has 18 heavy (non-hydrogen) atoms. The molecule has 1 heterocycles. The number of hydrogen-bond donors (Lipinski definition) is 1. The normalized spacial score (nSPS) is 23.4. The molecule has 1 aromatic rings. The molecule has 0 radical (unpaired) electrons. The van der Waals surface area contributed by atoms with E-state index in [-0.39, 0.29) is 17.8 Å². The molecule has 1 N–H and O–H groups in total. The Balaban J connectivity index is 2.24. The van der Waals surface area contributed by atoms with E-state index < -0.39 is 0 Å². The van der Waals surface area contributed by atoms with Gasteiger partial charge >= 0.3 is 5.97 Å². The summed E-state index contributed by atoms with van der Waals surface area (Å²) in [5.74, 6) is 0.788. The Morgan fingerprint density at radius 1 is 1.39 bits per heavy atom. The molecule has 0 saturated carbocycles. The van der Waals surface area contributed by atoms with E-state index in [1.165, 1.54) is 7.11 Å². The van der Waals surface area contributed by atoms with Crippen LogP contribution in [0.4, 0.5) is 0 Å². The smallest absolute Gasteiger partial charge is 0.309 e. The molecule has 0 bridgehead atoms. The van der Waals surface area contributed by atoms with Crippen molar-refractivity contribution < 1.29 is 14.3 Å². The summed E-state index contributed by atoms with van der Waals surface area (Å²) in [6.45, 7) is 1.66. The van der Waals surface area contributed by atoms with Crippen molar-refractivity contribution in [2.45, 2.75) is 12.3 Å². The standard InChI is InChI=1S/C14H19NO3/c1-17-11-5-3-4-10(8-11)13-9-15-7-6-12(13)14(16)18-2/h3-5,8,12-13,15H,6-7,9H2,1-2H3/t12-,13-/m1/s1. The quantitative estimate of drug-likeness (QED) is 0.826. The molecule has 0 spiro atoms. The van der Waals surface area contributed by atoms with Gasteiger partial charge in [-0.15, -0.1) is 0 Å². The second-order valence-corrected chi connectivity index (χ2v) is 4.51. The average Bonchev–Trinajstić information content (AvgIpc) is 2.46. The largest absolute Gasteiger partial charge is 0.497 e. The number of carbonyl (C=O) groups excluding carboxylic acids is 1. The van der Waals surface area contributed by atoms with Crippen molar-refractivity contribution in [3.05, 3.63) is 29.8 Å². The number of esters is 1. The summed E-state index contributed by atoms with van der Waals surface area (Å²) in [7, 11) is 3.10. The van der Waals surface area contributed by atoms with Crippen LogP contribution >= 0.6 is 0 Å². The van der Waals surface area contributed by atoms with Crippen molar-refractivity contribution in [3.63, 3.8) is 0 Å². The summed E-state index contributed by atoms with van der Waals surface area (Å²) < 4.78 is 10.1. The molecule has 1 aromatic carbocycles. The number of ether oxygens (including phenoxy) is 2. The lowest BCUT2D eigenvalue weighted by Crippen LogP contribution is -2.39. The fourth-order valence-corrected chi connectivity index (χ4v) is 2.51. The molecule has 2 atom stereocenters. The minimum Gasteiger partial charge on any atom is -0.497 e. The highest BCUT2D eigenvalue weighted by molar-refractivity contribution is 5.74. The van der Waals surface area contributed by atoms with Crippen LogP contribution in [0.2, 0.25) is 0 Å². The second kappa shape index (κ2) is 5.87. The molecule has 1 saturated heterocycles. The van der Waals surface area contributed by atoms with Gasteiger partial charge in [0.2, 0.25) is 0 Å². The van der Waals surface area contributed by atoms with E-state index in [0.717, 1.165) is 30.8 Å². The first-order chi connectivity index (χ1) is 8.76. The minimum atomic E-state index is -0.121. The van der Waals surface area contributed by atoms with E-state index in [1.807, 2.05) is 24.3 Å². The fraction of sp³-hybridized carbons (Fsp3) is 0.500. The zero-order chi connectivity index (χ0) is 13.0. The van der Waals surface area contributed by atoms with Gasteiger partial charge in [-0.2, -0.15) is 0 Å². The molecule has 98 valence electrons. The SMILES string of the molecule is COC(=O)[C@@H]1CCNC[C@@H]1c1cccc(OC)c1. The van der Waals surface area contributed by atoms with Gasteiger partial charge in [0, 0.05) is 12.5 Å². The molecule has 1 aliphatic rings. The minimum absolute atomic E-state index is 0.0663. The lowest BCUT2D eigenvalue weighted by Gasteiger charge is -2.30. The Morgan fingerprint density at radius 3 is 2.94 bits per heavy atom. The van der Waals surface area contributed by atoms with Gasteiger partial charge in [0.25, 0.3) is 0 Å². The Morgan fingerprint density at radius 2 is 2.22 bits per heavy atom. The molecule has 4 nitrogen and oxygen atoms in total. The number of piperidine rings is 1. The Labute approximate surface area is 107 Å². The van der Waals surface area contributed by atoms with Crippen LogP contribution in [0, 0.1) is 5.92 Å². The Hall–Kier alpha value is -1.55. The highest BCUT2D eigenvalue weighted by Gasteiger charge is 2.32.